The Morgan fingerprint density at radius 3 is 2.40 bits per heavy atom. The fourth-order valence-corrected chi connectivity index (χ4v) is 2.11. The van der Waals surface area contributed by atoms with E-state index in [-0.39, 0.29) is 0 Å². The number of rotatable bonds is 4. The van der Waals surface area contributed by atoms with E-state index in [1.54, 1.807) is 0 Å². The third kappa shape index (κ3) is 3.94. The maximum Gasteiger partial charge on any atom is 0.00725 e. The van der Waals surface area contributed by atoms with E-state index in [4.69, 9.17) is 0 Å². The van der Waals surface area contributed by atoms with Crippen molar-refractivity contribution in [2.45, 2.75) is 39.0 Å². The van der Waals surface area contributed by atoms with E-state index >= 15 is 0 Å². The molecule has 0 aromatic heterocycles. The van der Waals surface area contributed by atoms with Crippen LogP contribution in [-0.2, 0) is 0 Å². The average Bonchev–Trinajstić information content (AvgIpc) is 2.31. The van der Waals surface area contributed by atoms with Crippen molar-refractivity contribution in [3.8, 4) is 0 Å². The third-order valence-electron chi connectivity index (χ3n) is 3.23. The fourth-order valence-electron chi connectivity index (χ4n) is 2.11. The van der Waals surface area contributed by atoms with Gasteiger partial charge in [-0.3, -0.25) is 0 Å². The van der Waals surface area contributed by atoms with Gasteiger partial charge in [0.1, 0.15) is 0 Å². The maximum atomic E-state index is 3.92. The van der Waals surface area contributed by atoms with Gasteiger partial charge in [0.05, 0.1) is 0 Å². The van der Waals surface area contributed by atoms with Gasteiger partial charge in [-0.05, 0) is 37.3 Å². The Morgan fingerprint density at radius 2 is 1.87 bits per heavy atom. The van der Waals surface area contributed by atoms with Crippen molar-refractivity contribution in [2.24, 2.45) is 5.92 Å². The van der Waals surface area contributed by atoms with Crippen LogP contribution in [0.15, 0.2) is 36.1 Å². The molecule has 84 valence electrons. The zero-order valence-electron chi connectivity index (χ0n) is 10.1. The molecule has 1 nitrogen and oxygen atoms in total. The number of nitrogens with one attached hydrogen (secondary N) is 1. The predicted octanol–water partition coefficient (Wildman–Crippen LogP) is 3.80. The summed E-state index contributed by atoms with van der Waals surface area (Å²) in [5.74, 6) is 0.747. The molecular formula is C14H23N. The lowest BCUT2D eigenvalue weighted by atomic mass is 9.83. The van der Waals surface area contributed by atoms with Gasteiger partial charge < -0.3 is 5.32 Å². The molecule has 1 heteroatoms. The normalized spacial score (nSPS) is 20.1. The summed E-state index contributed by atoms with van der Waals surface area (Å²) in [5.41, 5.74) is 2.61. The summed E-state index contributed by atoms with van der Waals surface area (Å²) >= 11 is 0. The molecule has 0 heterocycles. The second kappa shape index (κ2) is 6.49. The first-order valence-corrected chi connectivity index (χ1v) is 5.96. The molecule has 0 saturated heterocycles. The first kappa shape index (κ1) is 12.1. The summed E-state index contributed by atoms with van der Waals surface area (Å²) in [6.07, 6.45) is 13.2. The van der Waals surface area contributed by atoms with E-state index in [0.29, 0.717) is 0 Å². The predicted molar refractivity (Wildman–Crippen MR) is 67.7 cm³/mol. The minimum Gasteiger partial charge on any atom is -0.392 e. The Labute approximate surface area is 94.0 Å². The highest BCUT2D eigenvalue weighted by molar-refractivity contribution is 5.26. The monoisotopic (exact) mass is 205 g/mol. The molecule has 0 bridgehead atoms. The smallest absolute Gasteiger partial charge is 0.00725 e. The Hall–Kier alpha value is -0.980. The van der Waals surface area contributed by atoms with E-state index in [0.717, 1.165) is 5.92 Å². The van der Waals surface area contributed by atoms with E-state index in [2.05, 4.69) is 31.0 Å². The summed E-state index contributed by atoms with van der Waals surface area (Å²) in [5, 5.41) is 3.13. The van der Waals surface area contributed by atoms with Crippen molar-refractivity contribution in [3.05, 3.63) is 36.1 Å². The van der Waals surface area contributed by atoms with Gasteiger partial charge in [0.15, 0.2) is 0 Å². The topological polar surface area (TPSA) is 12.0 Å². The van der Waals surface area contributed by atoms with E-state index in [9.17, 15) is 0 Å². The molecule has 0 aromatic carbocycles. The van der Waals surface area contributed by atoms with Gasteiger partial charge in [-0.15, -0.1) is 0 Å². The van der Waals surface area contributed by atoms with Crippen LogP contribution in [0.25, 0.3) is 0 Å². The van der Waals surface area contributed by atoms with Gasteiger partial charge in [-0.1, -0.05) is 38.0 Å². The Bertz CT molecular complexity index is 255. The third-order valence-corrected chi connectivity index (χ3v) is 3.23. The van der Waals surface area contributed by atoms with Crippen molar-refractivity contribution < 1.29 is 0 Å². The van der Waals surface area contributed by atoms with Gasteiger partial charge in [0.2, 0.25) is 0 Å². The fraction of sp³-hybridized carbons (Fsp3) is 0.571. The van der Waals surface area contributed by atoms with Crippen LogP contribution in [0.2, 0.25) is 0 Å². The zero-order chi connectivity index (χ0) is 11.1. The first-order valence-electron chi connectivity index (χ1n) is 5.96. The van der Waals surface area contributed by atoms with Crippen LogP contribution >= 0.6 is 0 Å². The second-order valence-electron chi connectivity index (χ2n) is 4.31. The van der Waals surface area contributed by atoms with E-state index in [1.807, 2.05) is 13.1 Å². The zero-order valence-corrected chi connectivity index (χ0v) is 10.1. The minimum absolute atomic E-state index is 0.747. The molecule has 1 N–H and O–H groups in total. The van der Waals surface area contributed by atoms with Crippen LogP contribution in [0.5, 0.6) is 0 Å². The summed E-state index contributed by atoms with van der Waals surface area (Å²) < 4.78 is 0. The number of hydrogen-bond donors (Lipinski definition) is 1. The standard InChI is InChI=1S/C14H23N/c1-4-13(11-10-12(2)15-3)14-8-6-5-7-9-14/h4,10-11,14-15H,1,5-9H2,2-3H3/b12-10+,13-11+. The average molecular weight is 205 g/mol. The van der Waals surface area contributed by atoms with Gasteiger partial charge in [-0.2, -0.15) is 0 Å². The van der Waals surface area contributed by atoms with Crippen LogP contribution in [0, 0.1) is 5.92 Å². The molecule has 0 radical (unpaired) electrons. The highest BCUT2D eigenvalue weighted by Crippen LogP contribution is 2.30. The van der Waals surface area contributed by atoms with Gasteiger partial charge in [0.25, 0.3) is 0 Å². The van der Waals surface area contributed by atoms with Gasteiger partial charge >= 0.3 is 0 Å². The molecule has 15 heavy (non-hydrogen) atoms. The molecule has 0 aliphatic heterocycles. The second-order valence-corrected chi connectivity index (χ2v) is 4.31. The van der Waals surface area contributed by atoms with Crippen molar-refractivity contribution in [1.29, 1.82) is 0 Å². The molecule has 1 aliphatic rings. The quantitative estimate of drug-likeness (QED) is 0.688. The van der Waals surface area contributed by atoms with Crippen molar-refractivity contribution in [2.75, 3.05) is 7.05 Å². The summed E-state index contributed by atoms with van der Waals surface area (Å²) in [6, 6.07) is 0. The molecule has 0 aromatic rings. The summed E-state index contributed by atoms with van der Waals surface area (Å²) in [7, 11) is 1.95. The van der Waals surface area contributed by atoms with Crippen molar-refractivity contribution in [3.63, 3.8) is 0 Å². The minimum atomic E-state index is 0.747. The lowest BCUT2D eigenvalue weighted by molar-refractivity contribution is 0.408. The molecular weight excluding hydrogens is 182 g/mol. The number of hydrogen-bond acceptors (Lipinski definition) is 1. The largest absolute Gasteiger partial charge is 0.392 e. The van der Waals surface area contributed by atoms with E-state index < -0.39 is 0 Å². The SMILES string of the molecule is C=C/C(=C\C=C(/C)NC)C1CCCCC1. The lowest BCUT2D eigenvalue weighted by Crippen LogP contribution is -2.08. The van der Waals surface area contributed by atoms with Crippen LogP contribution in [0.4, 0.5) is 0 Å². The summed E-state index contributed by atoms with van der Waals surface area (Å²) in [6.45, 7) is 6.00. The van der Waals surface area contributed by atoms with Crippen LogP contribution < -0.4 is 5.32 Å². The lowest BCUT2D eigenvalue weighted by Gasteiger charge is -2.22. The molecule has 0 unspecified atom stereocenters. The molecule has 1 fully saturated rings. The van der Waals surface area contributed by atoms with Gasteiger partial charge in [-0.25, -0.2) is 0 Å². The molecule has 0 amide bonds. The molecule has 0 spiro atoms. The Balaban J connectivity index is 2.64. The Kier molecular flexibility index (Phi) is 5.23. The molecule has 0 atom stereocenters. The molecule has 1 saturated carbocycles. The molecule has 1 rings (SSSR count). The van der Waals surface area contributed by atoms with Crippen molar-refractivity contribution in [1.82, 2.24) is 5.32 Å². The van der Waals surface area contributed by atoms with Crippen molar-refractivity contribution >= 4 is 0 Å². The number of allylic oxidation sites excluding steroid dienone is 5. The first-order chi connectivity index (χ1) is 7.27. The highest BCUT2D eigenvalue weighted by atomic mass is 14.8. The summed E-state index contributed by atoms with van der Waals surface area (Å²) in [4.78, 5) is 0. The van der Waals surface area contributed by atoms with Crippen LogP contribution in [0.3, 0.4) is 0 Å². The van der Waals surface area contributed by atoms with Crippen LogP contribution in [0.1, 0.15) is 39.0 Å². The van der Waals surface area contributed by atoms with E-state index in [1.165, 1.54) is 43.4 Å². The molecule has 1 aliphatic carbocycles. The highest BCUT2D eigenvalue weighted by Gasteiger charge is 2.14. The maximum absolute atomic E-state index is 3.92. The van der Waals surface area contributed by atoms with Crippen LogP contribution in [-0.4, -0.2) is 7.05 Å². The van der Waals surface area contributed by atoms with Gasteiger partial charge in [0, 0.05) is 12.7 Å². The Morgan fingerprint density at radius 1 is 1.20 bits per heavy atom.